The van der Waals surface area contributed by atoms with Crippen LogP contribution in [0.2, 0.25) is 0 Å². The molecule has 9 heteroatoms. The number of imide groups is 1. The summed E-state index contributed by atoms with van der Waals surface area (Å²) in [5.41, 5.74) is 0.394. The first-order chi connectivity index (χ1) is 12.6. The average Bonchev–Trinajstić information content (AvgIpc) is 3.28. The largest absolute Gasteiger partial charge is 0.480 e. The quantitative estimate of drug-likeness (QED) is 0.825. The molecule has 0 aliphatic carbocycles. The number of para-hydroxylation sites is 1. The number of carboxylic acids is 1. The first-order valence-electron chi connectivity index (χ1n) is 7.81. The highest BCUT2D eigenvalue weighted by atomic mass is 16.4. The molecule has 0 atom stereocenters. The van der Waals surface area contributed by atoms with Crippen LogP contribution in [0.1, 0.15) is 5.76 Å². The fourth-order valence-electron chi connectivity index (χ4n) is 2.46. The number of nitrogens with zero attached hydrogens (tertiary/aromatic N) is 4. The van der Waals surface area contributed by atoms with Gasteiger partial charge in [0.1, 0.15) is 12.3 Å². The highest BCUT2D eigenvalue weighted by molar-refractivity contribution is 6.05. The number of urea groups is 2. The van der Waals surface area contributed by atoms with E-state index in [1.165, 1.54) is 12.5 Å². The fourth-order valence-corrected chi connectivity index (χ4v) is 2.46. The fraction of sp³-hybridized carbons (Fsp3) is 0.176. The van der Waals surface area contributed by atoms with E-state index in [4.69, 9.17) is 9.52 Å². The molecular formula is C17H16N4O5. The monoisotopic (exact) mass is 356 g/mol. The Hall–Kier alpha value is -3.62. The lowest BCUT2D eigenvalue weighted by molar-refractivity contribution is -0.135. The lowest BCUT2D eigenvalue weighted by Gasteiger charge is -2.25. The number of anilines is 1. The molecule has 0 radical (unpaired) electrons. The zero-order chi connectivity index (χ0) is 18.5. The maximum absolute atomic E-state index is 12.7. The first kappa shape index (κ1) is 17.2. The van der Waals surface area contributed by atoms with Crippen molar-refractivity contribution in [3.8, 4) is 0 Å². The smallest absolute Gasteiger partial charge is 0.348 e. The number of furan rings is 1. The van der Waals surface area contributed by atoms with Crippen LogP contribution in [0.25, 0.3) is 0 Å². The molecule has 3 rings (SSSR count). The number of aliphatic carboxylic acids is 1. The second kappa shape index (κ2) is 7.51. The third kappa shape index (κ3) is 3.72. The third-order valence-electron chi connectivity index (χ3n) is 3.68. The van der Waals surface area contributed by atoms with E-state index < -0.39 is 24.6 Å². The van der Waals surface area contributed by atoms with Gasteiger partial charge >= 0.3 is 18.0 Å². The number of carbonyl (C=O) groups excluding carboxylic acids is 2. The van der Waals surface area contributed by atoms with Crippen LogP contribution in [0, 0.1) is 0 Å². The molecule has 26 heavy (non-hydrogen) atoms. The minimum atomic E-state index is -1.18. The highest BCUT2D eigenvalue weighted by Crippen LogP contribution is 2.18. The number of amides is 4. The standard InChI is InChI=1S/C17H16N4O5/c22-15(23)12-20(13-5-2-1-3-6-13)16(24)19-8-9-21(17(19)25)18-11-14-7-4-10-26-14/h1-7,10-11H,8-9,12H2,(H,22,23). The molecule has 0 bridgehead atoms. The normalized spacial score (nSPS) is 14.2. The molecule has 1 saturated heterocycles. The van der Waals surface area contributed by atoms with Crippen molar-refractivity contribution >= 4 is 29.9 Å². The van der Waals surface area contributed by atoms with Crippen LogP contribution in [-0.2, 0) is 4.79 Å². The molecule has 2 aromatic rings. The Morgan fingerprint density at radius 3 is 2.62 bits per heavy atom. The van der Waals surface area contributed by atoms with E-state index in [0.717, 1.165) is 14.8 Å². The summed E-state index contributed by atoms with van der Waals surface area (Å²) in [5, 5.41) is 14.2. The molecule has 2 heterocycles. The predicted molar refractivity (Wildman–Crippen MR) is 91.9 cm³/mol. The maximum Gasteiger partial charge on any atom is 0.348 e. The summed E-state index contributed by atoms with van der Waals surface area (Å²) in [5.74, 6) is -0.707. The van der Waals surface area contributed by atoms with Crippen molar-refractivity contribution in [2.75, 3.05) is 24.5 Å². The van der Waals surface area contributed by atoms with Crippen molar-refractivity contribution in [3.63, 3.8) is 0 Å². The zero-order valence-corrected chi connectivity index (χ0v) is 13.7. The highest BCUT2D eigenvalue weighted by Gasteiger charge is 2.36. The Bertz CT molecular complexity index is 819. The number of hydrogen-bond acceptors (Lipinski definition) is 5. The van der Waals surface area contributed by atoms with Crippen LogP contribution in [0.5, 0.6) is 0 Å². The molecule has 1 aliphatic heterocycles. The molecule has 4 amide bonds. The van der Waals surface area contributed by atoms with Gasteiger partial charge in [0.05, 0.1) is 25.6 Å². The number of hydrazone groups is 1. The maximum atomic E-state index is 12.7. The van der Waals surface area contributed by atoms with E-state index in [0.29, 0.717) is 11.4 Å². The lowest BCUT2D eigenvalue weighted by Crippen LogP contribution is -2.47. The number of benzene rings is 1. The van der Waals surface area contributed by atoms with Gasteiger partial charge in [0.25, 0.3) is 0 Å². The summed E-state index contributed by atoms with van der Waals surface area (Å²) in [4.78, 5) is 38.3. The summed E-state index contributed by atoms with van der Waals surface area (Å²) in [6.07, 6.45) is 2.85. The van der Waals surface area contributed by atoms with Gasteiger partial charge in [-0.05, 0) is 24.3 Å². The van der Waals surface area contributed by atoms with E-state index in [9.17, 15) is 14.4 Å². The van der Waals surface area contributed by atoms with E-state index in [-0.39, 0.29) is 13.1 Å². The predicted octanol–water partition coefficient (Wildman–Crippen LogP) is 2.06. The van der Waals surface area contributed by atoms with Gasteiger partial charge in [-0.1, -0.05) is 18.2 Å². The van der Waals surface area contributed by atoms with E-state index >= 15 is 0 Å². The zero-order valence-electron chi connectivity index (χ0n) is 13.7. The van der Waals surface area contributed by atoms with Gasteiger partial charge in [-0.25, -0.2) is 19.5 Å². The number of carboxylic acid groups (broad SMARTS) is 1. The molecule has 0 unspecified atom stereocenters. The lowest BCUT2D eigenvalue weighted by atomic mass is 10.3. The Kier molecular flexibility index (Phi) is 4.97. The molecule has 1 fully saturated rings. The van der Waals surface area contributed by atoms with Crippen LogP contribution < -0.4 is 4.90 Å². The van der Waals surface area contributed by atoms with Crippen molar-refractivity contribution in [1.82, 2.24) is 9.91 Å². The second-order valence-electron chi connectivity index (χ2n) is 5.42. The van der Waals surface area contributed by atoms with E-state index in [1.807, 2.05) is 0 Å². The van der Waals surface area contributed by atoms with Crippen molar-refractivity contribution in [1.29, 1.82) is 0 Å². The Labute approximate surface area is 148 Å². The molecule has 1 aromatic heterocycles. The number of carbonyl (C=O) groups is 3. The molecule has 134 valence electrons. The van der Waals surface area contributed by atoms with Crippen LogP contribution in [0.4, 0.5) is 15.3 Å². The summed E-state index contributed by atoms with van der Waals surface area (Å²) < 4.78 is 5.10. The molecule has 9 nitrogen and oxygen atoms in total. The van der Waals surface area contributed by atoms with Crippen LogP contribution in [0.3, 0.4) is 0 Å². The van der Waals surface area contributed by atoms with E-state index in [1.54, 1.807) is 42.5 Å². The third-order valence-corrected chi connectivity index (χ3v) is 3.68. The van der Waals surface area contributed by atoms with Gasteiger partial charge in [0, 0.05) is 5.69 Å². The van der Waals surface area contributed by atoms with Crippen molar-refractivity contribution in [3.05, 3.63) is 54.5 Å². The van der Waals surface area contributed by atoms with Gasteiger partial charge in [0.15, 0.2) is 0 Å². The average molecular weight is 356 g/mol. The van der Waals surface area contributed by atoms with Gasteiger partial charge in [-0.3, -0.25) is 9.69 Å². The van der Waals surface area contributed by atoms with Gasteiger partial charge < -0.3 is 9.52 Å². The summed E-state index contributed by atoms with van der Waals surface area (Å²) in [7, 11) is 0. The van der Waals surface area contributed by atoms with Crippen LogP contribution >= 0.6 is 0 Å². The van der Waals surface area contributed by atoms with Crippen molar-refractivity contribution in [2.24, 2.45) is 5.10 Å². The first-order valence-corrected chi connectivity index (χ1v) is 7.81. The minimum Gasteiger partial charge on any atom is -0.480 e. The second-order valence-corrected chi connectivity index (χ2v) is 5.42. The Balaban J connectivity index is 1.75. The molecule has 0 saturated carbocycles. The Morgan fingerprint density at radius 2 is 1.96 bits per heavy atom. The SMILES string of the molecule is O=C(O)CN(C(=O)N1CCN(N=Cc2ccco2)C1=O)c1ccccc1. The minimum absolute atomic E-state index is 0.107. The van der Waals surface area contributed by atoms with Gasteiger partial charge in [0.2, 0.25) is 0 Å². The Morgan fingerprint density at radius 1 is 1.19 bits per heavy atom. The van der Waals surface area contributed by atoms with Crippen molar-refractivity contribution < 1.29 is 23.9 Å². The van der Waals surface area contributed by atoms with Gasteiger partial charge in [-0.15, -0.1) is 0 Å². The molecule has 0 spiro atoms. The van der Waals surface area contributed by atoms with Gasteiger partial charge in [-0.2, -0.15) is 5.10 Å². The summed E-state index contributed by atoms with van der Waals surface area (Å²) in [6, 6.07) is 10.4. The molecule has 1 aliphatic rings. The summed E-state index contributed by atoms with van der Waals surface area (Å²) in [6.45, 7) is -0.240. The summed E-state index contributed by atoms with van der Waals surface area (Å²) >= 11 is 0. The van der Waals surface area contributed by atoms with Crippen LogP contribution in [-0.4, -0.2) is 58.9 Å². The molecule has 1 aromatic carbocycles. The number of rotatable bonds is 5. The van der Waals surface area contributed by atoms with Crippen LogP contribution in [0.15, 0.2) is 58.2 Å². The molecular weight excluding hydrogens is 340 g/mol. The van der Waals surface area contributed by atoms with E-state index in [2.05, 4.69) is 5.10 Å². The number of hydrogen-bond donors (Lipinski definition) is 1. The van der Waals surface area contributed by atoms with Crippen molar-refractivity contribution in [2.45, 2.75) is 0 Å². The molecule has 1 N–H and O–H groups in total. The topological polar surface area (TPSA) is 107 Å².